The molecule has 0 saturated heterocycles. The molecule has 0 radical (unpaired) electrons. The van der Waals surface area contributed by atoms with Gasteiger partial charge in [0, 0.05) is 25.0 Å². The van der Waals surface area contributed by atoms with Gasteiger partial charge in [-0.2, -0.15) is 4.98 Å². The minimum atomic E-state index is -0.307. The van der Waals surface area contributed by atoms with Gasteiger partial charge >= 0.3 is 0 Å². The monoisotopic (exact) mass is 348 g/mol. The molecule has 2 aromatic heterocycles. The van der Waals surface area contributed by atoms with Gasteiger partial charge < -0.3 is 10.6 Å². The third kappa shape index (κ3) is 3.85. The highest BCUT2D eigenvalue weighted by Crippen LogP contribution is 2.07. The number of carbonyl (C=O) groups is 1. The second-order valence-corrected chi connectivity index (χ2v) is 4.77. The first-order valence-corrected chi connectivity index (χ1v) is 6.23. The summed E-state index contributed by atoms with van der Waals surface area (Å²) in [5.41, 5.74) is 0. The van der Waals surface area contributed by atoms with Gasteiger partial charge in [0.25, 0.3) is 11.7 Å². The fraction of sp³-hybridized carbons (Fsp3) is 0.400. The SMILES string of the molecule is CNC(C)CNC(=O)c1nc2ncc(Br)cn2n1.Cl. The molecular weight excluding hydrogens is 336 g/mol. The summed E-state index contributed by atoms with van der Waals surface area (Å²) < 4.78 is 2.23. The standard InChI is InChI=1S/C10H13BrN6O.ClH/c1-6(12-2)3-13-9(18)8-15-10-14-4-7(11)5-17(10)16-8;/h4-6,12H,3H2,1-2H3,(H,13,18);1H. The van der Waals surface area contributed by atoms with Gasteiger partial charge in [0.15, 0.2) is 0 Å². The average molecular weight is 350 g/mol. The van der Waals surface area contributed by atoms with E-state index >= 15 is 0 Å². The lowest BCUT2D eigenvalue weighted by Gasteiger charge is -2.09. The third-order valence-electron chi connectivity index (χ3n) is 2.43. The number of halogens is 2. The molecule has 0 bridgehead atoms. The van der Waals surface area contributed by atoms with Crippen LogP contribution >= 0.6 is 28.3 Å². The number of rotatable bonds is 4. The second-order valence-electron chi connectivity index (χ2n) is 3.85. The fourth-order valence-electron chi connectivity index (χ4n) is 1.28. The van der Waals surface area contributed by atoms with E-state index in [9.17, 15) is 4.79 Å². The molecule has 2 heterocycles. The Hall–Kier alpha value is -1.25. The number of aromatic nitrogens is 4. The van der Waals surface area contributed by atoms with Crippen LogP contribution in [0.4, 0.5) is 0 Å². The van der Waals surface area contributed by atoms with Crippen LogP contribution in [0.5, 0.6) is 0 Å². The van der Waals surface area contributed by atoms with Crippen LogP contribution in [0.25, 0.3) is 5.78 Å². The van der Waals surface area contributed by atoms with Gasteiger partial charge in [-0.25, -0.2) is 9.50 Å². The minimum Gasteiger partial charge on any atom is -0.348 e. The Labute approximate surface area is 124 Å². The zero-order valence-corrected chi connectivity index (χ0v) is 12.8. The molecular formula is C10H14BrClN6O. The second kappa shape index (κ2) is 6.78. The van der Waals surface area contributed by atoms with Crippen LogP contribution in [-0.4, -0.2) is 45.1 Å². The number of hydrogen-bond acceptors (Lipinski definition) is 5. The quantitative estimate of drug-likeness (QED) is 0.846. The maximum atomic E-state index is 11.8. The van der Waals surface area contributed by atoms with E-state index in [0.29, 0.717) is 12.3 Å². The van der Waals surface area contributed by atoms with Crippen LogP contribution in [0.2, 0.25) is 0 Å². The van der Waals surface area contributed by atoms with E-state index in [0.717, 1.165) is 4.47 Å². The van der Waals surface area contributed by atoms with Crippen molar-refractivity contribution in [2.45, 2.75) is 13.0 Å². The first kappa shape index (κ1) is 15.8. The van der Waals surface area contributed by atoms with Crippen molar-refractivity contribution in [1.29, 1.82) is 0 Å². The third-order valence-corrected chi connectivity index (χ3v) is 2.84. The lowest BCUT2D eigenvalue weighted by atomic mass is 10.3. The van der Waals surface area contributed by atoms with Crippen molar-refractivity contribution in [3.8, 4) is 0 Å². The molecule has 0 aliphatic carbocycles. The largest absolute Gasteiger partial charge is 0.348 e. The lowest BCUT2D eigenvalue weighted by molar-refractivity contribution is 0.0940. The van der Waals surface area contributed by atoms with Crippen molar-refractivity contribution < 1.29 is 4.79 Å². The first-order chi connectivity index (χ1) is 8.60. The zero-order chi connectivity index (χ0) is 13.1. The Balaban J connectivity index is 0.00000180. The van der Waals surface area contributed by atoms with Gasteiger partial charge in [-0.15, -0.1) is 17.5 Å². The molecule has 2 rings (SSSR count). The van der Waals surface area contributed by atoms with Crippen molar-refractivity contribution in [2.75, 3.05) is 13.6 Å². The molecule has 0 aromatic carbocycles. The smallest absolute Gasteiger partial charge is 0.291 e. The highest BCUT2D eigenvalue weighted by Gasteiger charge is 2.13. The molecule has 0 aliphatic heterocycles. The van der Waals surface area contributed by atoms with Crippen LogP contribution in [0.3, 0.4) is 0 Å². The predicted octanol–water partition coefficient (Wildman–Crippen LogP) is 0.646. The minimum absolute atomic E-state index is 0. The lowest BCUT2D eigenvalue weighted by Crippen LogP contribution is -2.37. The summed E-state index contributed by atoms with van der Waals surface area (Å²) in [6, 6.07) is 0.193. The summed E-state index contributed by atoms with van der Waals surface area (Å²) in [5, 5.41) is 9.83. The molecule has 104 valence electrons. The Morgan fingerprint density at radius 2 is 2.32 bits per heavy atom. The Bertz CT molecular complexity index is 574. The molecule has 0 saturated carbocycles. The number of carbonyl (C=O) groups excluding carboxylic acids is 1. The predicted molar refractivity (Wildman–Crippen MR) is 76.6 cm³/mol. The molecule has 0 fully saturated rings. The average Bonchev–Trinajstić information content (AvgIpc) is 2.78. The van der Waals surface area contributed by atoms with Crippen LogP contribution in [-0.2, 0) is 0 Å². The van der Waals surface area contributed by atoms with Gasteiger partial charge in [-0.1, -0.05) is 0 Å². The molecule has 2 N–H and O–H groups in total. The van der Waals surface area contributed by atoms with E-state index in [-0.39, 0.29) is 30.2 Å². The summed E-state index contributed by atoms with van der Waals surface area (Å²) in [6.45, 7) is 2.48. The number of hydrogen-bond donors (Lipinski definition) is 2. The van der Waals surface area contributed by atoms with Gasteiger partial charge in [-0.05, 0) is 29.9 Å². The molecule has 1 unspecified atom stereocenters. The Morgan fingerprint density at radius 1 is 1.58 bits per heavy atom. The topological polar surface area (TPSA) is 84.2 Å². The number of fused-ring (bicyclic) bond motifs is 1. The van der Waals surface area contributed by atoms with Gasteiger partial charge in [0.05, 0.1) is 4.47 Å². The fourth-order valence-corrected chi connectivity index (χ4v) is 1.58. The van der Waals surface area contributed by atoms with E-state index in [2.05, 4.69) is 41.6 Å². The Morgan fingerprint density at radius 3 is 3.00 bits per heavy atom. The van der Waals surface area contributed by atoms with Crippen molar-refractivity contribution in [3.63, 3.8) is 0 Å². The number of amides is 1. The summed E-state index contributed by atoms with van der Waals surface area (Å²) in [5.74, 6) is 0.202. The first-order valence-electron chi connectivity index (χ1n) is 5.43. The van der Waals surface area contributed by atoms with E-state index in [1.165, 1.54) is 4.52 Å². The maximum Gasteiger partial charge on any atom is 0.291 e. The molecule has 0 spiro atoms. The van der Waals surface area contributed by atoms with Gasteiger partial charge in [-0.3, -0.25) is 4.79 Å². The van der Waals surface area contributed by atoms with Crippen molar-refractivity contribution in [1.82, 2.24) is 30.2 Å². The highest BCUT2D eigenvalue weighted by molar-refractivity contribution is 9.10. The number of likely N-dealkylation sites (N-methyl/N-ethyl adjacent to an activating group) is 1. The summed E-state index contributed by atoms with van der Waals surface area (Å²) in [7, 11) is 1.83. The van der Waals surface area contributed by atoms with Crippen LogP contribution in [0.15, 0.2) is 16.9 Å². The van der Waals surface area contributed by atoms with E-state index in [1.54, 1.807) is 12.4 Å². The van der Waals surface area contributed by atoms with Crippen molar-refractivity contribution in [3.05, 3.63) is 22.7 Å². The van der Waals surface area contributed by atoms with E-state index in [4.69, 9.17) is 0 Å². The van der Waals surface area contributed by atoms with Crippen molar-refractivity contribution >= 4 is 40.0 Å². The molecule has 2 aromatic rings. The maximum absolute atomic E-state index is 11.8. The normalized spacial score (nSPS) is 11.9. The number of nitrogens with one attached hydrogen (secondary N) is 2. The molecule has 1 amide bonds. The molecule has 0 aliphatic rings. The summed E-state index contributed by atoms with van der Waals surface area (Å²) >= 11 is 3.28. The number of nitrogens with zero attached hydrogens (tertiary/aromatic N) is 4. The molecule has 7 nitrogen and oxygen atoms in total. The van der Waals surface area contributed by atoms with E-state index < -0.39 is 0 Å². The van der Waals surface area contributed by atoms with Gasteiger partial charge in [0.2, 0.25) is 5.82 Å². The summed E-state index contributed by atoms with van der Waals surface area (Å²) in [6.07, 6.45) is 3.30. The molecule has 9 heteroatoms. The molecule has 19 heavy (non-hydrogen) atoms. The van der Waals surface area contributed by atoms with Gasteiger partial charge in [0.1, 0.15) is 0 Å². The van der Waals surface area contributed by atoms with Crippen LogP contribution in [0.1, 0.15) is 17.5 Å². The molecule has 1 atom stereocenters. The van der Waals surface area contributed by atoms with E-state index in [1.807, 2.05) is 14.0 Å². The Kier molecular flexibility index (Phi) is 5.64. The highest BCUT2D eigenvalue weighted by atomic mass is 79.9. The van der Waals surface area contributed by atoms with Crippen LogP contribution < -0.4 is 10.6 Å². The van der Waals surface area contributed by atoms with Crippen LogP contribution in [0, 0.1) is 0 Å². The summed E-state index contributed by atoms with van der Waals surface area (Å²) in [4.78, 5) is 19.9. The van der Waals surface area contributed by atoms with Crippen molar-refractivity contribution in [2.24, 2.45) is 0 Å². The zero-order valence-electron chi connectivity index (χ0n) is 10.4.